The van der Waals surface area contributed by atoms with Crippen LogP contribution >= 0.6 is 22.6 Å². The van der Waals surface area contributed by atoms with Crippen molar-refractivity contribution in [3.05, 3.63) is 51.4 Å². The van der Waals surface area contributed by atoms with Crippen molar-refractivity contribution in [2.45, 2.75) is 6.42 Å². The molecule has 0 atom stereocenters. The summed E-state index contributed by atoms with van der Waals surface area (Å²) in [6.45, 7) is 0.622. The maximum atomic E-state index is 11.8. The highest BCUT2D eigenvalue weighted by atomic mass is 127. The largest absolute Gasteiger partial charge is 0.352 e. The van der Waals surface area contributed by atoms with Gasteiger partial charge in [0.15, 0.2) is 0 Å². The van der Waals surface area contributed by atoms with Crippen molar-refractivity contribution in [1.29, 1.82) is 0 Å². The fraction of sp³-hybridized carbons (Fsp3) is 0.231. The normalized spacial score (nSPS) is 10.3. The second kappa shape index (κ2) is 5.99. The zero-order valence-corrected chi connectivity index (χ0v) is 12.2. The SMILES string of the molecule is Cn1cc(CCNC(=O)c2ccc(I)cc2)cn1. The summed E-state index contributed by atoms with van der Waals surface area (Å²) in [6.07, 6.45) is 4.57. The van der Waals surface area contributed by atoms with Crippen LogP contribution in [0.5, 0.6) is 0 Å². The Balaban J connectivity index is 1.83. The van der Waals surface area contributed by atoms with E-state index in [0.717, 1.165) is 15.6 Å². The van der Waals surface area contributed by atoms with Crippen molar-refractivity contribution >= 4 is 28.5 Å². The van der Waals surface area contributed by atoms with E-state index >= 15 is 0 Å². The average Bonchev–Trinajstić information content (AvgIpc) is 2.76. The van der Waals surface area contributed by atoms with E-state index in [9.17, 15) is 4.79 Å². The first-order valence-corrected chi connectivity index (χ1v) is 6.74. The number of nitrogens with zero attached hydrogens (tertiary/aromatic N) is 2. The molecule has 0 saturated heterocycles. The number of benzene rings is 1. The lowest BCUT2D eigenvalue weighted by atomic mass is 10.2. The van der Waals surface area contributed by atoms with Gasteiger partial charge >= 0.3 is 0 Å². The summed E-state index contributed by atoms with van der Waals surface area (Å²) in [5.74, 6) is -0.0321. The molecule has 0 radical (unpaired) electrons. The molecule has 1 N–H and O–H groups in total. The van der Waals surface area contributed by atoms with E-state index in [0.29, 0.717) is 12.1 Å². The van der Waals surface area contributed by atoms with E-state index in [1.807, 2.05) is 43.7 Å². The number of nitrogens with one attached hydrogen (secondary N) is 1. The lowest BCUT2D eigenvalue weighted by molar-refractivity contribution is 0.0954. The smallest absolute Gasteiger partial charge is 0.251 e. The molecule has 94 valence electrons. The summed E-state index contributed by atoms with van der Waals surface area (Å²) in [6, 6.07) is 7.52. The third-order valence-electron chi connectivity index (χ3n) is 2.56. The molecule has 1 amide bonds. The summed E-state index contributed by atoms with van der Waals surface area (Å²) in [5.41, 5.74) is 1.82. The van der Waals surface area contributed by atoms with Crippen molar-refractivity contribution in [1.82, 2.24) is 15.1 Å². The number of aryl methyl sites for hydroxylation is 1. The quantitative estimate of drug-likeness (QED) is 0.853. The van der Waals surface area contributed by atoms with Crippen molar-refractivity contribution < 1.29 is 4.79 Å². The van der Waals surface area contributed by atoms with Gasteiger partial charge in [-0.05, 0) is 58.8 Å². The van der Waals surface area contributed by atoms with E-state index in [1.54, 1.807) is 4.68 Å². The minimum atomic E-state index is -0.0321. The molecule has 0 bridgehead atoms. The number of amides is 1. The number of hydrogen-bond acceptors (Lipinski definition) is 2. The standard InChI is InChI=1S/C13H14IN3O/c1-17-9-10(8-16-17)6-7-15-13(18)11-2-4-12(14)5-3-11/h2-5,8-9H,6-7H2,1H3,(H,15,18). The van der Waals surface area contributed by atoms with Crippen LogP contribution in [0.15, 0.2) is 36.7 Å². The minimum absolute atomic E-state index is 0.0321. The van der Waals surface area contributed by atoms with Crippen molar-refractivity contribution in [2.75, 3.05) is 6.54 Å². The highest BCUT2D eigenvalue weighted by Gasteiger charge is 2.04. The van der Waals surface area contributed by atoms with Crippen LogP contribution in [0.1, 0.15) is 15.9 Å². The van der Waals surface area contributed by atoms with Gasteiger partial charge < -0.3 is 5.32 Å². The second-order valence-electron chi connectivity index (χ2n) is 4.04. The van der Waals surface area contributed by atoms with Crippen LogP contribution in [0, 0.1) is 3.57 Å². The molecule has 0 aliphatic carbocycles. The van der Waals surface area contributed by atoms with Crippen LogP contribution in [-0.4, -0.2) is 22.2 Å². The van der Waals surface area contributed by atoms with Crippen LogP contribution < -0.4 is 5.32 Å². The summed E-state index contributed by atoms with van der Waals surface area (Å²) in [5, 5.41) is 6.98. The summed E-state index contributed by atoms with van der Waals surface area (Å²) in [7, 11) is 1.88. The van der Waals surface area contributed by atoms with Crippen LogP contribution in [0.2, 0.25) is 0 Å². The molecule has 0 saturated carbocycles. The highest BCUT2D eigenvalue weighted by molar-refractivity contribution is 14.1. The van der Waals surface area contributed by atoms with Gasteiger partial charge in [0.25, 0.3) is 5.91 Å². The molecule has 0 unspecified atom stereocenters. The Hall–Kier alpha value is -1.37. The van der Waals surface area contributed by atoms with E-state index < -0.39 is 0 Å². The van der Waals surface area contributed by atoms with Crippen molar-refractivity contribution in [2.24, 2.45) is 7.05 Å². The molecule has 0 fully saturated rings. The lowest BCUT2D eigenvalue weighted by Crippen LogP contribution is -2.25. The summed E-state index contributed by atoms with van der Waals surface area (Å²) < 4.78 is 2.88. The first-order chi connectivity index (χ1) is 8.65. The van der Waals surface area contributed by atoms with E-state index in [4.69, 9.17) is 0 Å². The molecule has 2 aromatic rings. The van der Waals surface area contributed by atoms with Gasteiger partial charge in [0.2, 0.25) is 0 Å². The Labute approximate surface area is 120 Å². The van der Waals surface area contributed by atoms with Crippen molar-refractivity contribution in [3.8, 4) is 0 Å². The molecular weight excluding hydrogens is 341 g/mol. The molecular formula is C13H14IN3O. The molecule has 1 heterocycles. The van der Waals surface area contributed by atoms with Gasteiger partial charge in [0, 0.05) is 28.9 Å². The van der Waals surface area contributed by atoms with E-state index in [1.165, 1.54) is 0 Å². The number of aromatic nitrogens is 2. The highest BCUT2D eigenvalue weighted by Crippen LogP contribution is 2.06. The fourth-order valence-electron chi connectivity index (χ4n) is 1.62. The van der Waals surface area contributed by atoms with Gasteiger partial charge in [-0.15, -0.1) is 0 Å². The molecule has 4 nitrogen and oxygen atoms in total. The molecule has 18 heavy (non-hydrogen) atoms. The molecule has 2 rings (SSSR count). The van der Waals surface area contributed by atoms with Gasteiger partial charge in [0.05, 0.1) is 6.20 Å². The number of rotatable bonds is 4. The topological polar surface area (TPSA) is 46.9 Å². The lowest BCUT2D eigenvalue weighted by Gasteiger charge is -2.04. The molecule has 5 heteroatoms. The van der Waals surface area contributed by atoms with Crippen LogP contribution in [-0.2, 0) is 13.5 Å². The van der Waals surface area contributed by atoms with Crippen LogP contribution in [0.25, 0.3) is 0 Å². The summed E-state index contributed by atoms with van der Waals surface area (Å²) in [4.78, 5) is 11.8. The monoisotopic (exact) mass is 355 g/mol. The second-order valence-corrected chi connectivity index (χ2v) is 5.28. The van der Waals surface area contributed by atoms with Gasteiger partial charge in [-0.2, -0.15) is 5.10 Å². The number of carbonyl (C=O) groups excluding carboxylic acids is 1. The van der Waals surface area contributed by atoms with Crippen LogP contribution in [0.3, 0.4) is 0 Å². The molecule has 0 aliphatic heterocycles. The summed E-state index contributed by atoms with van der Waals surface area (Å²) >= 11 is 2.22. The predicted octanol–water partition coefficient (Wildman–Crippen LogP) is 2.00. The Morgan fingerprint density at radius 1 is 1.39 bits per heavy atom. The number of hydrogen-bond donors (Lipinski definition) is 1. The van der Waals surface area contributed by atoms with E-state index in [2.05, 4.69) is 33.0 Å². The predicted molar refractivity (Wildman–Crippen MR) is 78.4 cm³/mol. The maximum Gasteiger partial charge on any atom is 0.251 e. The van der Waals surface area contributed by atoms with Crippen molar-refractivity contribution in [3.63, 3.8) is 0 Å². The van der Waals surface area contributed by atoms with Gasteiger partial charge in [-0.1, -0.05) is 0 Å². The average molecular weight is 355 g/mol. The Morgan fingerprint density at radius 2 is 2.11 bits per heavy atom. The maximum absolute atomic E-state index is 11.8. The molecule has 1 aromatic carbocycles. The van der Waals surface area contributed by atoms with Gasteiger partial charge in [-0.25, -0.2) is 0 Å². The third kappa shape index (κ3) is 3.56. The fourth-order valence-corrected chi connectivity index (χ4v) is 1.98. The van der Waals surface area contributed by atoms with E-state index in [-0.39, 0.29) is 5.91 Å². The number of halogens is 1. The minimum Gasteiger partial charge on any atom is -0.352 e. The third-order valence-corrected chi connectivity index (χ3v) is 3.28. The molecule has 0 spiro atoms. The van der Waals surface area contributed by atoms with Gasteiger partial charge in [0.1, 0.15) is 0 Å². The zero-order valence-electron chi connectivity index (χ0n) is 10.1. The molecule has 1 aromatic heterocycles. The molecule has 0 aliphatic rings. The van der Waals surface area contributed by atoms with Gasteiger partial charge in [-0.3, -0.25) is 9.48 Å². The first-order valence-electron chi connectivity index (χ1n) is 5.66. The van der Waals surface area contributed by atoms with Crippen LogP contribution in [0.4, 0.5) is 0 Å². The number of carbonyl (C=O) groups is 1. The first kappa shape index (κ1) is 13.1. The Morgan fingerprint density at radius 3 is 2.72 bits per heavy atom. The Kier molecular flexibility index (Phi) is 4.35. The Bertz CT molecular complexity index is 533. The zero-order chi connectivity index (χ0) is 13.0.